The second-order valence-electron chi connectivity index (χ2n) is 5.61. The number of hydrogen-bond acceptors (Lipinski definition) is 4. The second-order valence-corrected chi connectivity index (χ2v) is 7.02. The van der Waals surface area contributed by atoms with Gasteiger partial charge in [-0.15, -0.1) is 0 Å². The Bertz CT molecular complexity index is 309. The van der Waals surface area contributed by atoms with Gasteiger partial charge in [-0.25, -0.2) is 0 Å². The number of aliphatic carboxylic acids is 1. The van der Waals surface area contributed by atoms with Gasteiger partial charge in [0.1, 0.15) is 5.54 Å². The summed E-state index contributed by atoms with van der Waals surface area (Å²) in [6, 6.07) is 0. The van der Waals surface area contributed by atoms with Gasteiger partial charge in [0.2, 0.25) is 0 Å². The lowest BCUT2D eigenvalue weighted by Crippen LogP contribution is -2.55. The van der Waals surface area contributed by atoms with Crippen LogP contribution in [-0.4, -0.2) is 47.4 Å². The summed E-state index contributed by atoms with van der Waals surface area (Å²) in [6.45, 7) is 4.62. The van der Waals surface area contributed by atoms with Crippen molar-refractivity contribution in [2.75, 3.05) is 25.5 Å². The molecule has 2 N–H and O–H groups in total. The predicted octanol–water partition coefficient (Wildman–Crippen LogP) is 2.13. The van der Waals surface area contributed by atoms with E-state index in [0.717, 1.165) is 57.6 Å². The van der Waals surface area contributed by atoms with Gasteiger partial charge in [-0.05, 0) is 43.9 Å². The van der Waals surface area contributed by atoms with Gasteiger partial charge in [0.05, 0.1) is 18.5 Å². The molecule has 0 aromatic carbocycles. The van der Waals surface area contributed by atoms with E-state index in [-0.39, 0.29) is 5.92 Å². The van der Waals surface area contributed by atoms with E-state index in [2.05, 4.69) is 12.2 Å². The Morgan fingerprint density at radius 2 is 2.32 bits per heavy atom. The zero-order valence-corrected chi connectivity index (χ0v) is 12.5. The number of hydrogen-bond donors (Lipinski definition) is 2. The topological polar surface area (TPSA) is 58.6 Å². The van der Waals surface area contributed by atoms with Gasteiger partial charge >= 0.3 is 5.97 Å². The molecule has 0 spiro atoms. The average molecular weight is 287 g/mol. The third-order valence-electron chi connectivity index (χ3n) is 4.32. The van der Waals surface area contributed by atoms with Gasteiger partial charge in [-0.1, -0.05) is 13.3 Å². The average Bonchev–Trinajstić information content (AvgIpc) is 2.74. The van der Waals surface area contributed by atoms with Crippen molar-refractivity contribution in [3.63, 3.8) is 0 Å². The van der Waals surface area contributed by atoms with E-state index in [0.29, 0.717) is 5.25 Å². The molecule has 2 atom stereocenters. The molecule has 1 aliphatic carbocycles. The molecular weight excluding hydrogens is 262 g/mol. The molecule has 1 saturated heterocycles. The molecule has 0 radical (unpaired) electrons. The van der Waals surface area contributed by atoms with Crippen LogP contribution in [0.3, 0.4) is 0 Å². The summed E-state index contributed by atoms with van der Waals surface area (Å²) in [5.74, 6) is 0.687. The number of rotatable bonds is 8. The van der Waals surface area contributed by atoms with Crippen LogP contribution in [0.5, 0.6) is 0 Å². The molecule has 1 heterocycles. The summed E-state index contributed by atoms with van der Waals surface area (Å²) in [5, 5.41) is 13.6. The fourth-order valence-corrected chi connectivity index (χ4v) is 4.23. The fraction of sp³-hybridized carbons (Fsp3) is 0.929. The van der Waals surface area contributed by atoms with E-state index in [1.165, 1.54) is 0 Å². The molecule has 19 heavy (non-hydrogen) atoms. The Morgan fingerprint density at radius 1 is 1.53 bits per heavy atom. The van der Waals surface area contributed by atoms with Gasteiger partial charge in [0.15, 0.2) is 0 Å². The van der Waals surface area contributed by atoms with E-state index >= 15 is 0 Å². The standard InChI is InChI=1S/C14H25NO3S/c1-2-7-15-14(13(16)17)6-3-4-11(14)5-8-19-12-9-18-10-12/h11-12,15H,2-10H2,1H3,(H,16,17). The number of nitrogens with one attached hydrogen (secondary N) is 1. The SMILES string of the molecule is CCCNC1(C(=O)O)CCCC1CCSC1COC1. The van der Waals surface area contributed by atoms with Crippen LogP contribution >= 0.6 is 11.8 Å². The Labute approximate surface area is 119 Å². The number of ether oxygens (including phenoxy) is 1. The predicted molar refractivity (Wildman–Crippen MR) is 77.7 cm³/mol. The van der Waals surface area contributed by atoms with Crippen molar-refractivity contribution in [2.45, 2.75) is 49.8 Å². The highest BCUT2D eigenvalue weighted by Crippen LogP contribution is 2.39. The lowest BCUT2D eigenvalue weighted by atomic mass is 9.85. The molecule has 0 aromatic heterocycles. The monoisotopic (exact) mass is 287 g/mol. The van der Waals surface area contributed by atoms with E-state index in [9.17, 15) is 9.90 Å². The summed E-state index contributed by atoms with van der Waals surface area (Å²) >= 11 is 1.94. The maximum absolute atomic E-state index is 11.7. The summed E-state index contributed by atoms with van der Waals surface area (Å²) in [4.78, 5) is 11.7. The highest BCUT2D eigenvalue weighted by Gasteiger charge is 2.48. The summed E-state index contributed by atoms with van der Waals surface area (Å²) < 4.78 is 5.16. The third-order valence-corrected chi connectivity index (χ3v) is 5.54. The summed E-state index contributed by atoms with van der Waals surface area (Å²) in [7, 11) is 0. The van der Waals surface area contributed by atoms with Crippen LogP contribution in [0.15, 0.2) is 0 Å². The van der Waals surface area contributed by atoms with Crippen molar-refractivity contribution >= 4 is 17.7 Å². The molecule has 2 unspecified atom stereocenters. The maximum Gasteiger partial charge on any atom is 0.324 e. The number of thioether (sulfide) groups is 1. The first kappa shape index (κ1) is 15.1. The molecule has 1 saturated carbocycles. The highest BCUT2D eigenvalue weighted by atomic mass is 32.2. The van der Waals surface area contributed by atoms with Gasteiger partial charge in [0.25, 0.3) is 0 Å². The molecule has 0 amide bonds. The zero-order valence-electron chi connectivity index (χ0n) is 11.7. The molecule has 2 aliphatic rings. The van der Waals surface area contributed by atoms with E-state index in [4.69, 9.17) is 4.74 Å². The van der Waals surface area contributed by atoms with E-state index in [1.54, 1.807) is 0 Å². The Hall–Kier alpha value is -0.260. The molecule has 0 aromatic rings. The first-order valence-corrected chi connectivity index (χ1v) is 8.41. The van der Waals surface area contributed by atoms with Crippen LogP contribution in [0.2, 0.25) is 0 Å². The smallest absolute Gasteiger partial charge is 0.324 e. The first-order valence-electron chi connectivity index (χ1n) is 7.37. The number of carboxylic acid groups (broad SMARTS) is 1. The molecule has 2 rings (SSSR count). The molecular formula is C14H25NO3S. The first-order chi connectivity index (χ1) is 9.19. The van der Waals surface area contributed by atoms with Gasteiger partial charge in [0, 0.05) is 0 Å². The summed E-state index contributed by atoms with van der Waals surface area (Å²) in [6.07, 6.45) is 4.85. The Kier molecular flexibility index (Phi) is 5.54. The molecule has 4 nitrogen and oxygen atoms in total. The van der Waals surface area contributed by atoms with Crippen LogP contribution < -0.4 is 5.32 Å². The minimum absolute atomic E-state index is 0.282. The minimum Gasteiger partial charge on any atom is -0.480 e. The maximum atomic E-state index is 11.7. The highest BCUT2D eigenvalue weighted by molar-refractivity contribution is 8.00. The van der Waals surface area contributed by atoms with Gasteiger partial charge in [-0.2, -0.15) is 11.8 Å². The van der Waals surface area contributed by atoms with Gasteiger partial charge in [-0.3, -0.25) is 4.79 Å². The van der Waals surface area contributed by atoms with E-state index in [1.807, 2.05) is 11.8 Å². The summed E-state index contributed by atoms with van der Waals surface area (Å²) in [5.41, 5.74) is -0.660. The van der Waals surface area contributed by atoms with Crippen molar-refractivity contribution in [2.24, 2.45) is 5.92 Å². The Morgan fingerprint density at radius 3 is 2.89 bits per heavy atom. The number of carbonyl (C=O) groups is 1. The molecule has 1 aliphatic heterocycles. The van der Waals surface area contributed by atoms with Crippen molar-refractivity contribution in [3.05, 3.63) is 0 Å². The minimum atomic E-state index is -0.660. The lowest BCUT2D eigenvalue weighted by Gasteiger charge is -2.33. The van der Waals surface area contributed by atoms with Crippen molar-refractivity contribution in [3.8, 4) is 0 Å². The third kappa shape index (κ3) is 3.44. The normalized spacial score (nSPS) is 31.3. The van der Waals surface area contributed by atoms with Crippen LogP contribution in [0, 0.1) is 5.92 Å². The lowest BCUT2D eigenvalue weighted by molar-refractivity contribution is -0.146. The molecule has 0 bridgehead atoms. The molecule has 110 valence electrons. The zero-order chi connectivity index (χ0) is 13.7. The van der Waals surface area contributed by atoms with Crippen LogP contribution in [0.25, 0.3) is 0 Å². The van der Waals surface area contributed by atoms with Crippen molar-refractivity contribution < 1.29 is 14.6 Å². The van der Waals surface area contributed by atoms with Crippen LogP contribution in [-0.2, 0) is 9.53 Å². The van der Waals surface area contributed by atoms with Crippen molar-refractivity contribution in [1.29, 1.82) is 0 Å². The van der Waals surface area contributed by atoms with Gasteiger partial charge < -0.3 is 15.2 Å². The quantitative estimate of drug-likeness (QED) is 0.716. The number of carboxylic acids is 1. The molecule has 5 heteroatoms. The van der Waals surface area contributed by atoms with E-state index < -0.39 is 11.5 Å². The van der Waals surface area contributed by atoms with Crippen LogP contribution in [0.1, 0.15) is 39.0 Å². The Balaban J connectivity index is 1.86. The van der Waals surface area contributed by atoms with Crippen LogP contribution in [0.4, 0.5) is 0 Å². The fourth-order valence-electron chi connectivity index (χ4n) is 3.09. The van der Waals surface area contributed by atoms with Crippen molar-refractivity contribution in [1.82, 2.24) is 5.32 Å². The largest absolute Gasteiger partial charge is 0.480 e. The molecule has 2 fully saturated rings. The second kappa shape index (κ2) is 6.95.